The van der Waals surface area contributed by atoms with Crippen molar-refractivity contribution in [3.63, 3.8) is 0 Å². The Bertz CT molecular complexity index is 488. The quantitative estimate of drug-likeness (QED) is 0.771. The first kappa shape index (κ1) is 13.7. The summed E-state index contributed by atoms with van der Waals surface area (Å²) in [6.45, 7) is 4.51. The topological polar surface area (TPSA) is 60.4 Å². The zero-order chi connectivity index (χ0) is 13.1. The second kappa shape index (κ2) is 4.87. The van der Waals surface area contributed by atoms with Crippen LogP contribution in [0.4, 0.5) is 0 Å². The van der Waals surface area contributed by atoms with Crippen LogP contribution in [0.1, 0.15) is 20.8 Å². The zero-order valence-electron chi connectivity index (χ0n) is 10.1. The normalized spacial score (nSPS) is 12.2. The largest absolute Gasteiger partial charge is 0.465 e. The Labute approximate surface area is 102 Å². The number of carbonyl (C=O) groups is 1. The van der Waals surface area contributed by atoms with Crippen molar-refractivity contribution in [2.75, 3.05) is 6.61 Å². The van der Waals surface area contributed by atoms with Gasteiger partial charge in [0.2, 0.25) is 0 Å². The van der Waals surface area contributed by atoms with Gasteiger partial charge in [0.25, 0.3) is 0 Å². The Morgan fingerprint density at radius 1 is 1.24 bits per heavy atom. The first-order chi connectivity index (χ1) is 7.84. The van der Waals surface area contributed by atoms with Gasteiger partial charge in [-0.05, 0) is 32.9 Å². The van der Waals surface area contributed by atoms with Crippen molar-refractivity contribution in [3.05, 3.63) is 30.3 Å². The molecule has 94 valence electrons. The Morgan fingerprint density at radius 2 is 1.76 bits per heavy atom. The molecular weight excluding hydrogens is 240 g/mol. The van der Waals surface area contributed by atoms with Gasteiger partial charge in [0.15, 0.2) is 14.6 Å². The van der Waals surface area contributed by atoms with Gasteiger partial charge in [-0.3, -0.25) is 4.79 Å². The van der Waals surface area contributed by atoms with Crippen LogP contribution in [0.3, 0.4) is 0 Å². The summed E-state index contributed by atoms with van der Waals surface area (Å²) in [7, 11) is -3.73. The SMILES string of the molecule is CCOC(=O)C(C)(C)S(=O)(=O)c1ccccc1. The highest BCUT2D eigenvalue weighted by atomic mass is 32.2. The van der Waals surface area contributed by atoms with E-state index in [0.29, 0.717) is 0 Å². The molecule has 0 bridgehead atoms. The summed E-state index contributed by atoms with van der Waals surface area (Å²) in [5.74, 6) is -0.733. The lowest BCUT2D eigenvalue weighted by molar-refractivity contribution is -0.145. The van der Waals surface area contributed by atoms with Gasteiger partial charge in [-0.1, -0.05) is 18.2 Å². The van der Waals surface area contributed by atoms with E-state index in [2.05, 4.69) is 0 Å². The van der Waals surface area contributed by atoms with E-state index in [1.807, 2.05) is 0 Å². The number of benzene rings is 1. The van der Waals surface area contributed by atoms with Gasteiger partial charge in [0.1, 0.15) is 0 Å². The molecule has 1 aromatic rings. The molecule has 0 atom stereocenters. The predicted octanol–water partition coefficient (Wildman–Crippen LogP) is 1.80. The molecule has 0 saturated carbocycles. The first-order valence-electron chi connectivity index (χ1n) is 5.31. The van der Waals surface area contributed by atoms with Gasteiger partial charge in [-0.2, -0.15) is 0 Å². The fraction of sp³-hybridized carbons (Fsp3) is 0.417. The summed E-state index contributed by atoms with van der Waals surface area (Å²) in [4.78, 5) is 11.8. The first-order valence-corrected chi connectivity index (χ1v) is 6.79. The van der Waals surface area contributed by atoms with Crippen LogP contribution in [0.15, 0.2) is 35.2 Å². The monoisotopic (exact) mass is 256 g/mol. The minimum Gasteiger partial charge on any atom is -0.465 e. The molecule has 1 aromatic carbocycles. The molecule has 0 aromatic heterocycles. The van der Waals surface area contributed by atoms with Crippen molar-refractivity contribution in [1.82, 2.24) is 0 Å². The molecule has 0 unspecified atom stereocenters. The fourth-order valence-corrected chi connectivity index (χ4v) is 2.69. The predicted molar refractivity (Wildman–Crippen MR) is 64.3 cm³/mol. The molecule has 0 aliphatic carbocycles. The van der Waals surface area contributed by atoms with Crippen molar-refractivity contribution < 1.29 is 17.9 Å². The van der Waals surface area contributed by atoms with Crippen LogP contribution in [0, 0.1) is 0 Å². The Morgan fingerprint density at radius 3 is 2.24 bits per heavy atom. The lowest BCUT2D eigenvalue weighted by Gasteiger charge is -2.22. The van der Waals surface area contributed by atoms with Crippen molar-refractivity contribution in [1.29, 1.82) is 0 Å². The highest BCUT2D eigenvalue weighted by molar-refractivity contribution is 7.93. The van der Waals surface area contributed by atoms with Crippen LogP contribution in [-0.2, 0) is 19.4 Å². The van der Waals surface area contributed by atoms with E-state index in [-0.39, 0.29) is 11.5 Å². The number of carbonyl (C=O) groups excluding carboxylic acids is 1. The maximum atomic E-state index is 12.3. The summed E-state index contributed by atoms with van der Waals surface area (Å²) in [5.41, 5.74) is 0. The third kappa shape index (κ3) is 2.49. The van der Waals surface area contributed by atoms with Crippen molar-refractivity contribution >= 4 is 15.8 Å². The second-order valence-electron chi connectivity index (χ2n) is 4.05. The molecule has 5 heteroatoms. The van der Waals surface area contributed by atoms with Crippen molar-refractivity contribution in [3.8, 4) is 0 Å². The van der Waals surface area contributed by atoms with E-state index in [0.717, 1.165) is 0 Å². The van der Waals surface area contributed by atoms with Crippen LogP contribution >= 0.6 is 0 Å². The molecule has 0 amide bonds. The molecule has 0 radical (unpaired) electrons. The van der Waals surface area contributed by atoms with Gasteiger partial charge in [-0.25, -0.2) is 8.42 Å². The smallest absolute Gasteiger partial charge is 0.327 e. The Hall–Kier alpha value is -1.36. The van der Waals surface area contributed by atoms with E-state index in [1.165, 1.54) is 26.0 Å². The molecule has 0 heterocycles. The molecule has 1 rings (SSSR count). The van der Waals surface area contributed by atoms with E-state index >= 15 is 0 Å². The standard InChI is InChI=1S/C12H16O4S/c1-4-16-11(13)12(2,3)17(14,15)10-8-6-5-7-9-10/h5-9H,4H2,1-3H3. The molecule has 4 nitrogen and oxygen atoms in total. The maximum Gasteiger partial charge on any atom is 0.327 e. The van der Waals surface area contributed by atoms with Crippen LogP contribution < -0.4 is 0 Å². The number of hydrogen-bond acceptors (Lipinski definition) is 4. The molecular formula is C12H16O4S. The number of hydrogen-bond donors (Lipinski definition) is 0. The summed E-state index contributed by atoms with van der Waals surface area (Å²) in [5, 5.41) is 0. The average molecular weight is 256 g/mol. The average Bonchev–Trinajstić information content (AvgIpc) is 2.30. The van der Waals surface area contributed by atoms with Crippen molar-refractivity contribution in [2.45, 2.75) is 30.4 Å². The minimum absolute atomic E-state index is 0.123. The Kier molecular flexibility index (Phi) is 3.93. The van der Waals surface area contributed by atoms with E-state index in [4.69, 9.17) is 4.74 Å². The van der Waals surface area contributed by atoms with Gasteiger partial charge in [0.05, 0.1) is 11.5 Å². The highest BCUT2D eigenvalue weighted by Crippen LogP contribution is 2.26. The van der Waals surface area contributed by atoms with Crippen LogP contribution in [-0.4, -0.2) is 25.7 Å². The lowest BCUT2D eigenvalue weighted by atomic mass is 10.2. The number of esters is 1. The molecule has 0 fully saturated rings. The summed E-state index contributed by atoms with van der Waals surface area (Å²) in [6, 6.07) is 7.89. The molecule has 0 aliphatic heterocycles. The van der Waals surface area contributed by atoms with Gasteiger partial charge in [0, 0.05) is 0 Å². The molecule has 0 saturated heterocycles. The second-order valence-corrected chi connectivity index (χ2v) is 6.55. The van der Waals surface area contributed by atoms with Crippen molar-refractivity contribution in [2.24, 2.45) is 0 Å². The molecule has 0 N–H and O–H groups in total. The third-order valence-electron chi connectivity index (χ3n) is 2.49. The van der Waals surface area contributed by atoms with Gasteiger partial charge < -0.3 is 4.74 Å². The lowest BCUT2D eigenvalue weighted by Crippen LogP contribution is -2.42. The minimum atomic E-state index is -3.73. The van der Waals surface area contributed by atoms with E-state index < -0.39 is 20.6 Å². The zero-order valence-corrected chi connectivity index (χ0v) is 11.0. The van der Waals surface area contributed by atoms with Crippen LogP contribution in [0.2, 0.25) is 0 Å². The summed E-state index contributed by atoms with van der Waals surface area (Å²) in [6.07, 6.45) is 0. The fourth-order valence-electron chi connectivity index (χ4n) is 1.31. The highest BCUT2D eigenvalue weighted by Gasteiger charge is 2.44. The van der Waals surface area contributed by atoms with Gasteiger partial charge in [-0.15, -0.1) is 0 Å². The Balaban J connectivity index is 3.19. The molecule has 17 heavy (non-hydrogen) atoms. The van der Waals surface area contributed by atoms with Gasteiger partial charge >= 0.3 is 5.97 Å². The summed E-state index contributed by atoms with van der Waals surface area (Å²) >= 11 is 0. The molecule has 0 spiro atoms. The van der Waals surface area contributed by atoms with E-state index in [1.54, 1.807) is 25.1 Å². The van der Waals surface area contributed by atoms with Crippen LogP contribution in [0.25, 0.3) is 0 Å². The van der Waals surface area contributed by atoms with E-state index in [9.17, 15) is 13.2 Å². The molecule has 0 aliphatic rings. The number of sulfone groups is 1. The number of ether oxygens (including phenoxy) is 1. The number of rotatable bonds is 4. The maximum absolute atomic E-state index is 12.3. The summed E-state index contributed by atoms with van der Waals surface area (Å²) < 4.78 is 27.8. The third-order valence-corrected chi connectivity index (χ3v) is 4.90. The van der Waals surface area contributed by atoms with Crippen LogP contribution in [0.5, 0.6) is 0 Å².